The van der Waals surface area contributed by atoms with Crippen molar-refractivity contribution in [2.75, 3.05) is 11.9 Å². The summed E-state index contributed by atoms with van der Waals surface area (Å²) < 4.78 is 6.85. The van der Waals surface area contributed by atoms with Crippen molar-refractivity contribution in [3.63, 3.8) is 0 Å². The maximum atomic E-state index is 5.60. The smallest absolute Gasteiger partial charge is 0.119 e. The average Bonchev–Trinajstić information content (AvgIpc) is 2.48. The lowest BCUT2D eigenvalue weighted by Gasteiger charge is -2.16. The van der Waals surface area contributed by atoms with Crippen molar-refractivity contribution >= 4 is 28.3 Å². The van der Waals surface area contributed by atoms with E-state index < -0.39 is 0 Å². The summed E-state index contributed by atoms with van der Waals surface area (Å²) in [7, 11) is 0. The summed E-state index contributed by atoms with van der Waals surface area (Å²) in [6, 6.07) is 17.0. The highest BCUT2D eigenvalue weighted by molar-refractivity contribution is 14.1. The molecule has 2 nitrogen and oxygen atoms in total. The Morgan fingerprint density at radius 2 is 1.70 bits per heavy atom. The summed E-state index contributed by atoms with van der Waals surface area (Å²) in [5.74, 6) is 0.942. The van der Waals surface area contributed by atoms with Crippen LogP contribution >= 0.6 is 22.6 Å². The molecule has 20 heavy (non-hydrogen) atoms. The van der Waals surface area contributed by atoms with Gasteiger partial charge in [-0.25, -0.2) is 0 Å². The second-order valence-electron chi connectivity index (χ2n) is 4.79. The van der Waals surface area contributed by atoms with Crippen molar-refractivity contribution < 1.29 is 4.74 Å². The van der Waals surface area contributed by atoms with Gasteiger partial charge in [-0.3, -0.25) is 0 Å². The van der Waals surface area contributed by atoms with E-state index in [-0.39, 0.29) is 6.04 Å². The molecule has 2 aromatic carbocycles. The van der Waals surface area contributed by atoms with Crippen molar-refractivity contribution in [3.8, 4) is 5.75 Å². The highest BCUT2D eigenvalue weighted by Crippen LogP contribution is 2.22. The van der Waals surface area contributed by atoms with E-state index in [0.29, 0.717) is 0 Å². The second kappa shape index (κ2) is 7.53. The maximum Gasteiger partial charge on any atom is 0.119 e. The summed E-state index contributed by atoms with van der Waals surface area (Å²) in [6.07, 6.45) is 1.03. The normalized spacial score (nSPS) is 11.9. The molecule has 1 N–H and O–H groups in total. The van der Waals surface area contributed by atoms with Gasteiger partial charge in [0.2, 0.25) is 0 Å². The molecule has 3 heteroatoms. The highest BCUT2D eigenvalue weighted by Gasteiger charge is 2.05. The van der Waals surface area contributed by atoms with Crippen LogP contribution in [0.4, 0.5) is 5.69 Å². The fourth-order valence-corrected chi connectivity index (χ4v) is 2.31. The first kappa shape index (κ1) is 15.2. The standard InChI is InChI=1S/C17H20INO/c1-3-12-20-17-10-4-14(5-11-17)13(2)19-16-8-6-15(18)7-9-16/h4-11,13,19H,3,12H2,1-2H3. The Labute approximate surface area is 134 Å². The molecule has 0 aliphatic carbocycles. The first-order chi connectivity index (χ1) is 9.69. The van der Waals surface area contributed by atoms with Gasteiger partial charge < -0.3 is 10.1 Å². The first-order valence-corrected chi connectivity index (χ1v) is 8.02. The predicted octanol–water partition coefficient (Wildman–Crippen LogP) is 5.25. The van der Waals surface area contributed by atoms with Gasteiger partial charge in [-0.15, -0.1) is 0 Å². The van der Waals surface area contributed by atoms with E-state index in [9.17, 15) is 0 Å². The molecule has 0 bridgehead atoms. The number of benzene rings is 2. The van der Waals surface area contributed by atoms with Crippen LogP contribution in [0.5, 0.6) is 5.75 Å². The molecule has 0 saturated carbocycles. The molecule has 0 heterocycles. The van der Waals surface area contributed by atoms with Crippen molar-refractivity contribution in [3.05, 3.63) is 57.7 Å². The van der Waals surface area contributed by atoms with Crippen LogP contribution in [-0.2, 0) is 0 Å². The van der Waals surface area contributed by atoms with Gasteiger partial charge in [0, 0.05) is 15.3 Å². The van der Waals surface area contributed by atoms with Crippen LogP contribution in [0.2, 0.25) is 0 Å². The Bertz CT molecular complexity index is 522. The van der Waals surface area contributed by atoms with Crippen molar-refractivity contribution in [1.29, 1.82) is 0 Å². The number of anilines is 1. The molecule has 0 saturated heterocycles. The Balaban J connectivity index is 1.98. The average molecular weight is 381 g/mol. The molecule has 1 atom stereocenters. The number of rotatable bonds is 6. The molecule has 0 spiro atoms. The lowest BCUT2D eigenvalue weighted by atomic mass is 10.1. The van der Waals surface area contributed by atoms with Gasteiger partial charge in [-0.05, 0) is 77.9 Å². The van der Waals surface area contributed by atoms with Crippen molar-refractivity contribution in [1.82, 2.24) is 0 Å². The molecule has 0 amide bonds. The fraction of sp³-hybridized carbons (Fsp3) is 0.294. The van der Waals surface area contributed by atoms with E-state index in [2.05, 4.69) is 78.2 Å². The number of hydrogen-bond donors (Lipinski definition) is 1. The predicted molar refractivity (Wildman–Crippen MR) is 93.4 cm³/mol. The first-order valence-electron chi connectivity index (χ1n) is 6.94. The number of hydrogen-bond acceptors (Lipinski definition) is 2. The van der Waals surface area contributed by atoms with Gasteiger partial charge in [-0.1, -0.05) is 19.1 Å². The minimum absolute atomic E-state index is 0.273. The SMILES string of the molecule is CCCOc1ccc(C(C)Nc2ccc(I)cc2)cc1. The monoisotopic (exact) mass is 381 g/mol. The third-order valence-corrected chi connectivity index (χ3v) is 3.80. The topological polar surface area (TPSA) is 21.3 Å². The quantitative estimate of drug-likeness (QED) is 0.690. The van der Waals surface area contributed by atoms with E-state index in [1.807, 2.05) is 12.1 Å². The Morgan fingerprint density at radius 1 is 1.05 bits per heavy atom. The summed E-state index contributed by atoms with van der Waals surface area (Å²) in [6.45, 7) is 5.05. The molecule has 0 aliphatic heterocycles. The van der Waals surface area contributed by atoms with Gasteiger partial charge in [-0.2, -0.15) is 0 Å². The summed E-state index contributed by atoms with van der Waals surface area (Å²) in [5.41, 5.74) is 2.40. The minimum atomic E-state index is 0.273. The lowest BCUT2D eigenvalue weighted by Crippen LogP contribution is -2.06. The zero-order valence-corrected chi connectivity index (χ0v) is 14.1. The molecule has 0 aliphatic rings. The van der Waals surface area contributed by atoms with E-state index in [4.69, 9.17) is 4.74 Å². The molecule has 0 aromatic heterocycles. The number of nitrogens with one attached hydrogen (secondary N) is 1. The van der Waals surface area contributed by atoms with Gasteiger partial charge >= 0.3 is 0 Å². The molecular weight excluding hydrogens is 361 g/mol. The van der Waals surface area contributed by atoms with Crippen LogP contribution < -0.4 is 10.1 Å². The van der Waals surface area contributed by atoms with Gasteiger partial charge in [0.1, 0.15) is 5.75 Å². The number of ether oxygens (including phenoxy) is 1. The van der Waals surface area contributed by atoms with Crippen molar-refractivity contribution in [2.45, 2.75) is 26.3 Å². The Morgan fingerprint density at radius 3 is 2.30 bits per heavy atom. The Hall–Kier alpha value is -1.23. The highest BCUT2D eigenvalue weighted by atomic mass is 127. The van der Waals surface area contributed by atoms with Crippen LogP contribution in [0, 0.1) is 3.57 Å². The van der Waals surface area contributed by atoms with E-state index >= 15 is 0 Å². The summed E-state index contributed by atoms with van der Waals surface area (Å²) in [4.78, 5) is 0. The molecule has 0 radical (unpaired) electrons. The second-order valence-corrected chi connectivity index (χ2v) is 6.04. The fourth-order valence-electron chi connectivity index (χ4n) is 1.95. The van der Waals surface area contributed by atoms with E-state index in [1.165, 1.54) is 9.13 Å². The summed E-state index contributed by atoms with van der Waals surface area (Å²) in [5, 5.41) is 3.50. The van der Waals surface area contributed by atoms with Crippen LogP contribution in [0.25, 0.3) is 0 Å². The van der Waals surface area contributed by atoms with Gasteiger partial charge in [0.05, 0.1) is 6.61 Å². The third-order valence-electron chi connectivity index (χ3n) is 3.08. The van der Waals surface area contributed by atoms with Crippen LogP contribution in [0.15, 0.2) is 48.5 Å². The largest absolute Gasteiger partial charge is 0.494 e. The minimum Gasteiger partial charge on any atom is -0.494 e. The zero-order valence-electron chi connectivity index (χ0n) is 11.9. The van der Waals surface area contributed by atoms with Gasteiger partial charge in [0.25, 0.3) is 0 Å². The van der Waals surface area contributed by atoms with Crippen LogP contribution in [-0.4, -0.2) is 6.61 Å². The van der Waals surface area contributed by atoms with Crippen LogP contribution in [0.1, 0.15) is 31.9 Å². The van der Waals surface area contributed by atoms with E-state index in [1.54, 1.807) is 0 Å². The molecule has 106 valence electrons. The molecule has 2 aromatic rings. The third kappa shape index (κ3) is 4.40. The van der Waals surface area contributed by atoms with E-state index in [0.717, 1.165) is 24.5 Å². The molecule has 2 rings (SSSR count). The summed E-state index contributed by atoms with van der Waals surface area (Å²) >= 11 is 2.31. The number of halogens is 1. The van der Waals surface area contributed by atoms with Gasteiger partial charge in [0.15, 0.2) is 0 Å². The molecule has 0 fully saturated rings. The zero-order chi connectivity index (χ0) is 14.4. The maximum absolute atomic E-state index is 5.60. The Kier molecular flexibility index (Phi) is 5.71. The van der Waals surface area contributed by atoms with Crippen LogP contribution in [0.3, 0.4) is 0 Å². The lowest BCUT2D eigenvalue weighted by molar-refractivity contribution is 0.317. The molecular formula is C17H20INO. The van der Waals surface area contributed by atoms with Crippen molar-refractivity contribution in [2.24, 2.45) is 0 Å². The molecule has 1 unspecified atom stereocenters.